The minimum Gasteiger partial charge on any atom is -0.479 e. The summed E-state index contributed by atoms with van der Waals surface area (Å²) in [6.07, 6.45) is -0.781. The molecule has 4 aromatic carbocycles. The van der Waals surface area contributed by atoms with Crippen LogP contribution >= 0.6 is 0 Å². The molecule has 32 heavy (non-hydrogen) atoms. The van der Waals surface area contributed by atoms with E-state index in [1.54, 1.807) is 55.5 Å². The van der Waals surface area contributed by atoms with Crippen LogP contribution in [0, 0.1) is 0 Å². The molecule has 160 valence electrons. The maximum absolute atomic E-state index is 12.4. The number of benzene rings is 4. The molecule has 0 saturated carbocycles. The van der Waals surface area contributed by atoms with Crippen molar-refractivity contribution in [2.45, 2.75) is 13.0 Å². The van der Waals surface area contributed by atoms with Gasteiger partial charge in [0.15, 0.2) is 6.10 Å². The molecule has 4 rings (SSSR count). The summed E-state index contributed by atoms with van der Waals surface area (Å²) in [7, 11) is 0. The lowest BCUT2D eigenvalue weighted by atomic mass is 10.3. The Morgan fingerprint density at radius 3 is 1.38 bits per heavy atom. The molecule has 4 aromatic rings. The molecule has 0 N–H and O–H groups in total. The van der Waals surface area contributed by atoms with E-state index in [0.29, 0.717) is 23.0 Å². The third-order valence-electron chi connectivity index (χ3n) is 4.47. The van der Waals surface area contributed by atoms with Crippen LogP contribution in [-0.4, -0.2) is 12.1 Å². The van der Waals surface area contributed by atoms with Gasteiger partial charge < -0.3 is 18.9 Å². The van der Waals surface area contributed by atoms with Crippen LogP contribution in [0.4, 0.5) is 0 Å². The predicted octanol–water partition coefficient (Wildman–Crippen LogP) is 6.64. The Kier molecular flexibility index (Phi) is 6.68. The van der Waals surface area contributed by atoms with Crippen LogP contribution in [-0.2, 0) is 4.79 Å². The van der Waals surface area contributed by atoms with Gasteiger partial charge >= 0.3 is 5.97 Å². The van der Waals surface area contributed by atoms with Gasteiger partial charge in [-0.1, -0.05) is 36.4 Å². The van der Waals surface area contributed by atoms with Crippen molar-refractivity contribution in [3.8, 4) is 34.5 Å². The fourth-order valence-electron chi connectivity index (χ4n) is 2.86. The molecule has 5 nitrogen and oxygen atoms in total. The summed E-state index contributed by atoms with van der Waals surface area (Å²) >= 11 is 0. The molecule has 0 aliphatic rings. The lowest BCUT2D eigenvalue weighted by Gasteiger charge is -2.14. The quantitative estimate of drug-likeness (QED) is 0.233. The van der Waals surface area contributed by atoms with Crippen LogP contribution in [0.2, 0.25) is 0 Å². The number of carbonyl (C=O) groups is 1. The maximum atomic E-state index is 12.4. The smallest absolute Gasteiger partial charge is 0.352 e. The first kappa shape index (κ1) is 21.0. The Hall–Kier alpha value is -4.25. The highest BCUT2D eigenvalue weighted by Crippen LogP contribution is 2.25. The molecule has 0 aromatic heterocycles. The van der Waals surface area contributed by atoms with Crippen LogP contribution < -0.4 is 18.9 Å². The SMILES string of the molecule is CC(Oc1ccc(Oc2ccccc2)cc1)C(=O)Oc1ccc(Oc2ccccc2)cc1. The van der Waals surface area contributed by atoms with E-state index in [1.165, 1.54) is 0 Å². The third-order valence-corrected chi connectivity index (χ3v) is 4.47. The zero-order valence-electron chi connectivity index (χ0n) is 17.5. The fourth-order valence-corrected chi connectivity index (χ4v) is 2.86. The van der Waals surface area contributed by atoms with Gasteiger partial charge in [-0.15, -0.1) is 0 Å². The number of hydrogen-bond acceptors (Lipinski definition) is 5. The number of para-hydroxylation sites is 2. The fraction of sp³-hybridized carbons (Fsp3) is 0.0741. The summed E-state index contributed by atoms with van der Waals surface area (Å²) in [4.78, 5) is 12.4. The summed E-state index contributed by atoms with van der Waals surface area (Å²) in [5.74, 6) is 3.28. The van der Waals surface area contributed by atoms with Gasteiger partial charge in [-0.3, -0.25) is 0 Å². The zero-order chi connectivity index (χ0) is 22.2. The highest BCUT2D eigenvalue weighted by atomic mass is 16.6. The second kappa shape index (κ2) is 10.2. The molecule has 0 spiro atoms. The zero-order valence-corrected chi connectivity index (χ0v) is 17.5. The van der Waals surface area contributed by atoms with Crippen LogP contribution in [0.5, 0.6) is 34.5 Å². The topological polar surface area (TPSA) is 54.0 Å². The summed E-state index contributed by atoms with van der Waals surface area (Å²) in [6.45, 7) is 1.64. The molecular weight excluding hydrogens is 404 g/mol. The van der Waals surface area contributed by atoms with Crippen LogP contribution in [0.3, 0.4) is 0 Å². The van der Waals surface area contributed by atoms with Crippen LogP contribution in [0.1, 0.15) is 6.92 Å². The molecule has 1 atom stereocenters. The molecule has 0 bridgehead atoms. The molecule has 0 fully saturated rings. The van der Waals surface area contributed by atoms with Crippen LogP contribution in [0.15, 0.2) is 109 Å². The lowest BCUT2D eigenvalue weighted by molar-refractivity contribution is -0.141. The van der Waals surface area contributed by atoms with E-state index in [-0.39, 0.29) is 0 Å². The van der Waals surface area contributed by atoms with Gasteiger partial charge in [0, 0.05) is 0 Å². The average molecular weight is 426 g/mol. The summed E-state index contributed by atoms with van der Waals surface area (Å²) in [6, 6.07) is 32.9. The van der Waals surface area contributed by atoms with Crippen molar-refractivity contribution in [2.24, 2.45) is 0 Å². The predicted molar refractivity (Wildman–Crippen MR) is 122 cm³/mol. The minimum atomic E-state index is -0.781. The van der Waals surface area contributed by atoms with E-state index in [2.05, 4.69) is 0 Å². The molecular formula is C27H22O5. The summed E-state index contributed by atoms with van der Waals surface area (Å²) in [5, 5.41) is 0. The van der Waals surface area contributed by atoms with E-state index in [0.717, 1.165) is 11.5 Å². The van der Waals surface area contributed by atoms with Crippen LogP contribution in [0.25, 0.3) is 0 Å². The van der Waals surface area contributed by atoms with Crippen molar-refractivity contribution in [3.05, 3.63) is 109 Å². The van der Waals surface area contributed by atoms with Gasteiger partial charge in [0.1, 0.15) is 34.5 Å². The maximum Gasteiger partial charge on any atom is 0.352 e. The van der Waals surface area contributed by atoms with Gasteiger partial charge in [-0.25, -0.2) is 4.79 Å². The number of rotatable bonds is 8. The first-order chi connectivity index (χ1) is 15.7. The molecule has 1 unspecified atom stereocenters. The van der Waals surface area contributed by atoms with Crippen molar-refractivity contribution >= 4 is 5.97 Å². The summed E-state index contributed by atoms with van der Waals surface area (Å²) < 4.78 is 22.6. The Bertz CT molecular complexity index is 1120. The number of hydrogen-bond donors (Lipinski definition) is 0. The van der Waals surface area contributed by atoms with Crippen molar-refractivity contribution < 1.29 is 23.7 Å². The highest BCUT2D eigenvalue weighted by Gasteiger charge is 2.17. The van der Waals surface area contributed by atoms with Crippen molar-refractivity contribution in [2.75, 3.05) is 0 Å². The Morgan fingerprint density at radius 1 is 0.531 bits per heavy atom. The normalized spacial score (nSPS) is 11.3. The third kappa shape index (κ3) is 5.89. The monoisotopic (exact) mass is 426 g/mol. The number of ether oxygens (including phenoxy) is 4. The van der Waals surface area contributed by atoms with E-state index in [1.807, 2.05) is 60.7 Å². The van der Waals surface area contributed by atoms with Gasteiger partial charge in [-0.2, -0.15) is 0 Å². The first-order valence-corrected chi connectivity index (χ1v) is 10.2. The first-order valence-electron chi connectivity index (χ1n) is 10.2. The highest BCUT2D eigenvalue weighted by molar-refractivity contribution is 5.77. The summed E-state index contributed by atoms with van der Waals surface area (Å²) in [5.41, 5.74) is 0. The van der Waals surface area contributed by atoms with E-state index >= 15 is 0 Å². The number of esters is 1. The standard InChI is InChI=1S/C27H22O5/c1-20(29-23-12-14-24(15-13-23)30-21-8-4-2-5-9-21)27(28)32-26-18-16-25(17-19-26)31-22-10-6-3-7-11-22/h2-20H,1H3. The van der Waals surface area contributed by atoms with Gasteiger partial charge in [0.25, 0.3) is 0 Å². The molecule has 0 aliphatic heterocycles. The Morgan fingerprint density at radius 2 is 0.906 bits per heavy atom. The molecule has 0 amide bonds. The molecule has 0 radical (unpaired) electrons. The van der Waals surface area contributed by atoms with Crippen molar-refractivity contribution in [3.63, 3.8) is 0 Å². The molecule has 0 heterocycles. The minimum absolute atomic E-state index is 0.414. The van der Waals surface area contributed by atoms with E-state index < -0.39 is 12.1 Å². The Labute approximate surface area is 186 Å². The second-order valence-electron chi connectivity index (χ2n) is 6.95. The molecule has 0 saturated heterocycles. The van der Waals surface area contributed by atoms with Gasteiger partial charge in [0.05, 0.1) is 0 Å². The van der Waals surface area contributed by atoms with E-state index in [4.69, 9.17) is 18.9 Å². The lowest BCUT2D eigenvalue weighted by Crippen LogP contribution is -2.28. The van der Waals surface area contributed by atoms with Crippen molar-refractivity contribution in [1.82, 2.24) is 0 Å². The molecule has 5 heteroatoms. The molecule has 0 aliphatic carbocycles. The van der Waals surface area contributed by atoms with Gasteiger partial charge in [0.2, 0.25) is 0 Å². The van der Waals surface area contributed by atoms with E-state index in [9.17, 15) is 4.79 Å². The second-order valence-corrected chi connectivity index (χ2v) is 6.95. The van der Waals surface area contributed by atoms with Gasteiger partial charge in [-0.05, 0) is 79.7 Å². The number of carbonyl (C=O) groups excluding carboxylic acids is 1. The average Bonchev–Trinajstić information content (AvgIpc) is 2.83. The Balaban J connectivity index is 1.29. The van der Waals surface area contributed by atoms with Crippen molar-refractivity contribution in [1.29, 1.82) is 0 Å². The largest absolute Gasteiger partial charge is 0.479 e.